The lowest BCUT2D eigenvalue weighted by Gasteiger charge is -2.30. The summed E-state index contributed by atoms with van der Waals surface area (Å²) in [4.78, 5) is 12.1. The molecule has 0 heterocycles. The van der Waals surface area contributed by atoms with E-state index >= 15 is 0 Å². The predicted octanol–water partition coefficient (Wildman–Crippen LogP) is 5.36. The van der Waals surface area contributed by atoms with Gasteiger partial charge in [0.25, 0.3) is 0 Å². The summed E-state index contributed by atoms with van der Waals surface area (Å²) in [5.74, 6) is 0.123. The maximum absolute atomic E-state index is 12.1. The predicted molar refractivity (Wildman–Crippen MR) is 89.3 cm³/mol. The highest BCUT2D eigenvalue weighted by Crippen LogP contribution is 2.34. The first-order valence-corrected chi connectivity index (χ1v) is 7.89. The topological polar surface area (TPSA) is 26.3 Å². The summed E-state index contributed by atoms with van der Waals surface area (Å²) in [6, 6.07) is 7.74. The Labute approximate surface area is 133 Å². The number of esters is 1. The number of ether oxygens (including phenoxy) is 1. The Morgan fingerprint density at radius 1 is 1.33 bits per heavy atom. The number of carbonyl (C=O) groups is 1. The van der Waals surface area contributed by atoms with Gasteiger partial charge in [-0.05, 0) is 44.7 Å². The smallest absolute Gasteiger partial charge is 0.311 e. The fourth-order valence-corrected chi connectivity index (χ4v) is 2.62. The van der Waals surface area contributed by atoms with Gasteiger partial charge >= 0.3 is 5.97 Å². The van der Waals surface area contributed by atoms with Crippen molar-refractivity contribution >= 4 is 23.6 Å². The molecule has 0 radical (unpaired) electrons. The van der Waals surface area contributed by atoms with E-state index in [1.165, 1.54) is 0 Å². The van der Waals surface area contributed by atoms with Crippen LogP contribution >= 0.6 is 11.6 Å². The minimum absolute atomic E-state index is 0.122. The SMILES string of the molecule is CCOC(=O)C(C)(C)C(CC)CC=Cc1ccccc1Cl. The minimum Gasteiger partial charge on any atom is -0.466 e. The van der Waals surface area contributed by atoms with Gasteiger partial charge in [0.15, 0.2) is 0 Å². The van der Waals surface area contributed by atoms with E-state index in [-0.39, 0.29) is 11.9 Å². The number of allylic oxidation sites excluding steroid dienone is 1. The Kier molecular flexibility index (Phi) is 6.97. The van der Waals surface area contributed by atoms with Crippen LogP contribution in [-0.2, 0) is 9.53 Å². The van der Waals surface area contributed by atoms with Gasteiger partial charge in [-0.25, -0.2) is 0 Å². The number of rotatable bonds is 7. The molecular weight excluding hydrogens is 284 g/mol. The van der Waals surface area contributed by atoms with Crippen molar-refractivity contribution in [1.82, 2.24) is 0 Å². The Bertz CT molecular complexity index is 492. The summed E-state index contributed by atoms with van der Waals surface area (Å²) < 4.78 is 5.19. The van der Waals surface area contributed by atoms with E-state index in [1.54, 1.807) is 0 Å². The van der Waals surface area contributed by atoms with Gasteiger partial charge in [-0.2, -0.15) is 0 Å². The largest absolute Gasteiger partial charge is 0.466 e. The van der Waals surface area contributed by atoms with Crippen molar-refractivity contribution in [3.05, 3.63) is 40.9 Å². The third-order valence-corrected chi connectivity index (χ3v) is 4.28. The Morgan fingerprint density at radius 3 is 2.57 bits per heavy atom. The molecule has 0 N–H and O–H groups in total. The van der Waals surface area contributed by atoms with Gasteiger partial charge < -0.3 is 4.74 Å². The number of hydrogen-bond donors (Lipinski definition) is 0. The van der Waals surface area contributed by atoms with Crippen LogP contribution in [0.1, 0.15) is 46.1 Å². The lowest BCUT2D eigenvalue weighted by Crippen LogP contribution is -2.34. The molecule has 0 saturated carbocycles. The second-order valence-corrected chi connectivity index (χ2v) is 6.11. The Morgan fingerprint density at radius 2 is 2.00 bits per heavy atom. The second kappa shape index (κ2) is 8.23. The molecule has 0 amide bonds. The van der Waals surface area contributed by atoms with Crippen LogP contribution in [0.4, 0.5) is 0 Å². The maximum Gasteiger partial charge on any atom is 0.311 e. The molecule has 2 nitrogen and oxygen atoms in total. The van der Waals surface area contributed by atoms with Gasteiger partial charge in [0.1, 0.15) is 0 Å². The van der Waals surface area contributed by atoms with Crippen LogP contribution in [0.5, 0.6) is 0 Å². The van der Waals surface area contributed by atoms with Crippen LogP contribution < -0.4 is 0 Å². The molecule has 0 aliphatic carbocycles. The quantitative estimate of drug-likeness (QED) is 0.634. The van der Waals surface area contributed by atoms with Gasteiger partial charge in [0.05, 0.1) is 12.0 Å². The van der Waals surface area contributed by atoms with E-state index in [0.29, 0.717) is 6.61 Å². The molecule has 116 valence electrons. The molecule has 0 saturated heterocycles. The average molecular weight is 309 g/mol. The zero-order valence-corrected chi connectivity index (χ0v) is 14.1. The third-order valence-electron chi connectivity index (χ3n) is 3.94. The molecular formula is C18H25ClO2. The molecule has 3 heteroatoms. The second-order valence-electron chi connectivity index (χ2n) is 5.71. The van der Waals surface area contributed by atoms with E-state index in [9.17, 15) is 4.79 Å². The van der Waals surface area contributed by atoms with Gasteiger partial charge in [-0.3, -0.25) is 4.79 Å². The highest BCUT2D eigenvalue weighted by atomic mass is 35.5. The van der Waals surface area contributed by atoms with Crippen LogP contribution in [0.3, 0.4) is 0 Å². The van der Waals surface area contributed by atoms with E-state index < -0.39 is 5.41 Å². The first-order chi connectivity index (χ1) is 9.93. The lowest BCUT2D eigenvalue weighted by atomic mass is 9.75. The van der Waals surface area contributed by atoms with Crippen LogP contribution in [-0.4, -0.2) is 12.6 Å². The van der Waals surface area contributed by atoms with Crippen molar-refractivity contribution in [2.24, 2.45) is 11.3 Å². The van der Waals surface area contributed by atoms with E-state index in [2.05, 4.69) is 13.0 Å². The van der Waals surface area contributed by atoms with Crippen molar-refractivity contribution in [1.29, 1.82) is 0 Å². The van der Waals surface area contributed by atoms with Crippen molar-refractivity contribution in [3.63, 3.8) is 0 Å². The summed E-state index contributed by atoms with van der Waals surface area (Å²) in [7, 11) is 0. The molecule has 0 fully saturated rings. The van der Waals surface area contributed by atoms with Gasteiger partial charge in [-0.1, -0.05) is 55.3 Å². The molecule has 0 aliphatic heterocycles. The number of carbonyl (C=O) groups excluding carboxylic acids is 1. The summed E-state index contributed by atoms with van der Waals surface area (Å²) in [6.07, 6.45) is 5.87. The fraction of sp³-hybridized carbons (Fsp3) is 0.500. The van der Waals surface area contributed by atoms with Crippen molar-refractivity contribution in [2.45, 2.75) is 40.5 Å². The van der Waals surface area contributed by atoms with E-state index in [1.807, 2.05) is 51.1 Å². The van der Waals surface area contributed by atoms with Gasteiger partial charge in [0.2, 0.25) is 0 Å². The molecule has 1 unspecified atom stereocenters. The van der Waals surface area contributed by atoms with Gasteiger partial charge in [-0.15, -0.1) is 0 Å². The Balaban J connectivity index is 2.74. The van der Waals surface area contributed by atoms with Crippen LogP contribution in [0.2, 0.25) is 5.02 Å². The molecule has 0 bridgehead atoms. The zero-order chi connectivity index (χ0) is 15.9. The first-order valence-electron chi connectivity index (χ1n) is 7.51. The van der Waals surface area contributed by atoms with Crippen molar-refractivity contribution in [2.75, 3.05) is 6.61 Å². The number of benzene rings is 1. The highest BCUT2D eigenvalue weighted by molar-refractivity contribution is 6.32. The molecule has 1 aromatic rings. The lowest BCUT2D eigenvalue weighted by molar-refractivity contribution is -0.156. The third kappa shape index (κ3) is 4.89. The van der Waals surface area contributed by atoms with Crippen LogP contribution in [0, 0.1) is 11.3 Å². The van der Waals surface area contributed by atoms with Crippen LogP contribution in [0.25, 0.3) is 6.08 Å². The maximum atomic E-state index is 12.1. The minimum atomic E-state index is -0.477. The van der Waals surface area contributed by atoms with E-state index in [0.717, 1.165) is 23.4 Å². The average Bonchev–Trinajstić information content (AvgIpc) is 2.45. The number of halogens is 1. The Hall–Kier alpha value is -1.28. The van der Waals surface area contributed by atoms with Crippen molar-refractivity contribution in [3.8, 4) is 0 Å². The highest BCUT2D eigenvalue weighted by Gasteiger charge is 2.36. The van der Waals surface area contributed by atoms with Crippen molar-refractivity contribution < 1.29 is 9.53 Å². The molecule has 1 aromatic carbocycles. The summed E-state index contributed by atoms with van der Waals surface area (Å²) >= 11 is 6.13. The summed E-state index contributed by atoms with van der Waals surface area (Å²) in [6.45, 7) is 8.29. The molecule has 0 spiro atoms. The van der Waals surface area contributed by atoms with Gasteiger partial charge in [0, 0.05) is 5.02 Å². The summed E-state index contributed by atoms with van der Waals surface area (Å²) in [5.41, 5.74) is 0.526. The van der Waals surface area contributed by atoms with E-state index in [4.69, 9.17) is 16.3 Å². The van der Waals surface area contributed by atoms with Crippen LogP contribution in [0.15, 0.2) is 30.3 Å². The molecule has 1 atom stereocenters. The molecule has 21 heavy (non-hydrogen) atoms. The monoisotopic (exact) mass is 308 g/mol. The normalized spacial score (nSPS) is 13.4. The first kappa shape index (κ1) is 17.8. The molecule has 0 aliphatic rings. The number of hydrogen-bond acceptors (Lipinski definition) is 2. The molecule has 1 rings (SSSR count). The zero-order valence-electron chi connectivity index (χ0n) is 13.4. The fourth-order valence-electron chi connectivity index (χ4n) is 2.42. The molecule has 0 aromatic heterocycles. The summed E-state index contributed by atoms with van der Waals surface area (Å²) in [5, 5.41) is 0.742. The standard InChI is InChI=1S/C18H25ClO2/c1-5-15(18(3,4)17(20)21-6-2)12-9-11-14-10-7-8-13-16(14)19/h7-11,13,15H,5-6,12H2,1-4H3.